The second-order valence-corrected chi connectivity index (χ2v) is 6.65. The Labute approximate surface area is 159 Å². The van der Waals surface area contributed by atoms with Gasteiger partial charge < -0.3 is 20.5 Å². The summed E-state index contributed by atoms with van der Waals surface area (Å²) in [7, 11) is 0. The highest BCUT2D eigenvalue weighted by Gasteiger charge is 2.17. The van der Waals surface area contributed by atoms with Crippen LogP contribution in [0.4, 0.5) is 4.39 Å². The fourth-order valence-electron chi connectivity index (χ4n) is 2.87. The zero-order valence-electron chi connectivity index (χ0n) is 15.2. The molecule has 2 heterocycles. The number of aromatic amines is 1. The van der Waals surface area contributed by atoms with E-state index < -0.39 is 17.5 Å². The molecular weight excluding hydrogens is 365 g/mol. The lowest BCUT2D eigenvalue weighted by Gasteiger charge is -2.12. The molecule has 1 amide bonds. The van der Waals surface area contributed by atoms with Crippen molar-refractivity contribution in [1.82, 2.24) is 15.3 Å². The molecular formula is C20H20FN3O4. The van der Waals surface area contributed by atoms with Gasteiger partial charge in [0.15, 0.2) is 5.75 Å². The van der Waals surface area contributed by atoms with Crippen LogP contribution in [-0.2, 0) is 17.6 Å². The summed E-state index contributed by atoms with van der Waals surface area (Å²) < 4.78 is 13.0. The number of rotatable bonds is 6. The lowest BCUT2D eigenvalue weighted by atomic mass is 10.1. The Morgan fingerprint density at radius 1 is 1.29 bits per heavy atom. The Balaban J connectivity index is 1.88. The zero-order valence-corrected chi connectivity index (χ0v) is 15.2. The Hall–Kier alpha value is -3.26. The van der Waals surface area contributed by atoms with Gasteiger partial charge in [-0.05, 0) is 42.7 Å². The van der Waals surface area contributed by atoms with E-state index in [1.165, 1.54) is 12.1 Å². The normalized spacial score (nSPS) is 12.1. The molecule has 3 aromatic rings. The molecule has 4 N–H and O–H groups in total. The SMILES string of the molecule is C[C@@H](CO)NC(=O)Cc1c(O)c2ncc(Cc3ccc(F)cc3)cc2[nH]c1=O. The molecule has 0 radical (unpaired) electrons. The number of hydrogen-bond donors (Lipinski definition) is 4. The zero-order chi connectivity index (χ0) is 20.3. The number of aromatic hydroxyl groups is 1. The van der Waals surface area contributed by atoms with E-state index in [-0.39, 0.29) is 35.7 Å². The minimum absolute atomic E-state index is 0.0890. The number of pyridine rings is 2. The number of fused-ring (bicyclic) bond motifs is 1. The van der Waals surface area contributed by atoms with Crippen molar-refractivity contribution in [3.63, 3.8) is 0 Å². The first-order valence-corrected chi connectivity index (χ1v) is 8.74. The van der Waals surface area contributed by atoms with E-state index in [1.807, 2.05) is 0 Å². The average molecular weight is 385 g/mol. The molecule has 0 bridgehead atoms. The highest BCUT2D eigenvalue weighted by atomic mass is 19.1. The van der Waals surface area contributed by atoms with Crippen molar-refractivity contribution in [3.05, 3.63) is 69.4 Å². The molecule has 0 saturated carbocycles. The second-order valence-electron chi connectivity index (χ2n) is 6.65. The van der Waals surface area contributed by atoms with E-state index in [2.05, 4.69) is 15.3 Å². The van der Waals surface area contributed by atoms with Crippen molar-refractivity contribution < 1.29 is 19.4 Å². The molecule has 0 unspecified atom stereocenters. The molecule has 0 aliphatic rings. The van der Waals surface area contributed by atoms with Crippen LogP contribution < -0.4 is 10.9 Å². The minimum Gasteiger partial charge on any atom is -0.505 e. The molecule has 0 spiro atoms. The van der Waals surface area contributed by atoms with Gasteiger partial charge in [0, 0.05) is 12.2 Å². The van der Waals surface area contributed by atoms with Crippen LogP contribution in [0.3, 0.4) is 0 Å². The Morgan fingerprint density at radius 3 is 2.68 bits per heavy atom. The van der Waals surface area contributed by atoms with Crippen molar-refractivity contribution in [2.45, 2.75) is 25.8 Å². The van der Waals surface area contributed by atoms with Crippen LogP contribution in [0.2, 0.25) is 0 Å². The first-order chi connectivity index (χ1) is 13.4. The van der Waals surface area contributed by atoms with Crippen LogP contribution in [0.1, 0.15) is 23.6 Å². The summed E-state index contributed by atoms with van der Waals surface area (Å²) in [5, 5.41) is 21.9. The third-order valence-electron chi connectivity index (χ3n) is 4.32. The number of amides is 1. The number of aliphatic hydroxyl groups excluding tert-OH is 1. The molecule has 28 heavy (non-hydrogen) atoms. The second kappa shape index (κ2) is 8.18. The van der Waals surface area contributed by atoms with Crippen molar-refractivity contribution in [2.75, 3.05) is 6.61 Å². The van der Waals surface area contributed by atoms with Crippen LogP contribution in [0, 0.1) is 5.82 Å². The quantitative estimate of drug-likeness (QED) is 0.512. The number of carbonyl (C=O) groups excluding carboxylic acids is 1. The van der Waals surface area contributed by atoms with Crippen LogP contribution >= 0.6 is 0 Å². The van der Waals surface area contributed by atoms with Gasteiger partial charge in [-0.1, -0.05) is 12.1 Å². The molecule has 3 rings (SSSR count). The predicted octanol–water partition coefficient (Wildman–Crippen LogP) is 1.40. The number of aliphatic hydroxyl groups is 1. The van der Waals surface area contributed by atoms with Gasteiger partial charge in [0.1, 0.15) is 11.3 Å². The maximum atomic E-state index is 13.0. The number of hydrogen-bond acceptors (Lipinski definition) is 5. The number of H-pyrrole nitrogens is 1. The summed E-state index contributed by atoms with van der Waals surface area (Å²) >= 11 is 0. The Bertz CT molecular complexity index is 1060. The lowest BCUT2D eigenvalue weighted by Crippen LogP contribution is -2.37. The summed E-state index contributed by atoms with van der Waals surface area (Å²) in [5.74, 6) is -1.16. The number of benzene rings is 1. The smallest absolute Gasteiger partial charge is 0.255 e. The maximum Gasteiger partial charge on any atom is 0.255 e. The Morgan fingerprint density at radius 2 is 2.00 bits per heavy atom. The average Bonchev–Trinajstić information content (AvgIpc) is 2.66. The summed E-state index contributed by atoms with van der Waals surface area (Å²) in [6.07, 6.45) is 1.71. The van der Waals surface area contributed by atoms with Crippen molar-refractivity contribution >= 4 is 16.9 Å². The van der Waals surface area contributed by atoms with Gasteiger partial charge in [-0.3, -0.25) is 14.6 Å². The fraction of sp³-hybridized carbons (Fsp3) is 0.250. The van der Waals surface area contributed by atoms with Crippen LogP contribution in [0.25, 0.3) is 11.0 Å². The summed E-state index contributed by atoms with van der Waals surface area (Å²) in [6.45, 7) is 1.39. The van der Waals surface area contributed by atoms with E-state index in [0.29, 0.717) is 11.9 Å². The van der Waals surface area contributed by atoms with Gasteiger partial charge in [0.05, 0.1) is 24.1 Å². The molecule has 2 aromatic heterocycles. The first kappa shape index (κ1) is 19.5. The monoisotopic (exact) mass is 385 g/mol. The van der Waals surface area contributed by atoms with Crippen LogP contribution in [0.5, 0.6) is 5.75 Å². The van der Waals surface area contributed by atoms with Crippen molar-refractivity contribution in [1.29, 1.82) is 0 Å². The lowest BCUT2D eigenvalue weighted by molar-refractivity contribution is -0.121. The molecule has 0 aliphatic carbocycles. The molecule has 0 saturated heterocycles. The molecule has 7 nitrogen and oxygen atoms in total. The summed E-state index contributed by atoms with van der Waals surface area (Å²) in [5.41, 5.74) is 1.50. The highest BCUT2D eigenvalue weighted by molar-refractivity contribution is 5.85. The molecule has 8 heteroatoms. The standard InChI is InChI=1S/C20H20FN3O4/c1-11(10-25)23-17(26)8-15-19(27)18-16(24-20(15)28)7-13(9-22-18)6-12-2-4-14(21)5-3-12/h2-5,7,9,11,25H,6,8,10H2,1H3,(H,23,26)(H2,24,27,28)/t11-/m0/s1. The third kappa shape index (κ3) is 4.34. The number of nitrogens with zero attached hydrogens (tertiary/aromatic N) is 1. The number of halogens is 1. The van der Waals surface area contributed by atoms with Crippen LogP contribution in [0.15, 0.2) is 41.3 Å². The van der Waals surface area contributed by atoms with E-state index in [4.69, 9.17) is 5.11 Å². The fourth-order valence-corrected chi connectivity index (χ4v) is 2.87. The van der Waals surface area contributed by atoms with Gasteiger partial charge in [-0.25, -0.2) is 4.39 Å². The third-order valence-corrected chi connectivity index (χ3v) is 4.32. The van der Waals surface area contributed by atoms with Gasteiger partial charge in [-0.15, -0.1) is 0 Å². The van der Waals surface area contributed by atoms with E-state index in [9.17, 15) is 19.1 Å². The summed E-state index contributed by atoms with van der Waals surface area (Å²) in [4.78, 5) is 31.2. The van der Waals surface area contributed by atoms with Gasteiger partial charge >= 0.3 is 0 Å². The highest BCUT2D eigenvalue weighted by Crippen LogP contribution is 2.24. The van der Waals surface area contributed by atoms with Crippen molar-refractivity contribution in [3.8, 4) is 5.75 Å². The molecule has 1 aromatic carbocycles. The molecule has 146 valence electrons. The van der Waals surface area contributed by atoms with E-state index >= 15 is 0 Å². The van der Waals surface area contributed by atoms with Gasteiger partial charge in [-0.2, -0.15) is 0 Å². The summed E-state index contributed by atoms with van der Waals surface area (Å²) in [6, 6.07) is 7.29. The number of carbonyl (C=O) groups is 1. The minimum atomic E-state index is -0.586. The van der Waals surface area contributed by atoms with Crippen LogP contribution in [-0.4, -0.2) is 38.7 Å². The number of nitrogens with one attached hydrogen (secondary N) is 2. The maximum absolute atomic E-state index is 13.0. The topological polar surface area (TPSA) is 115 Å². The molecule has 0 fully saturated rings. The van der Waals surface area contributed by atoms with E-state index in [1.54, 1.807) is 31.3 Å². The number of aromatic nitrogens is 2. The predicted molar refractivity (Wildman–Crippen MR) is 102 cm³/mol. The first-order valence-electron chi connectivity index (χ1n) is 8.74. The van der Waals surface area contributed by atoms with Gasteiger partial charge in [0.25, 0.3) is 5.56 Å². The van der Waals surface area contributed by atoms with Gasteiger partial charge in [0.2, 0.25) is 5.91 Å². The molecule has 1 atom stereocenters. The largest absolute Gasteiger partial charge is 0.505 e. The van der Waals surface area contributed by atoms with E-state index in [0.717, 1.165) is 11.1 Å². The molecule has 0 aliphatic heterocycles. The Kier molecular flexibility index (Phi) is 5.70. The van der Waals surface area contributed by atoms with Crippen molar-refractivity contribution in [2.24, 2.45) is 0 Å².